The van der Waals surface area contributed by atoms with Crippen LogP contribution in [0.15, 0.2) is 24.3 Å². The zero-order chi connectivity index (χ0) is 13.5. The molecule has 3 N–H and O–H groups in total. The first-order chi connectivity index (χ1) is 8.54. The number of anilines is 1. The minimum absolute atomic E-state index is 0.0113. The highest BCUT2D eigenvalue weighted by molar-refractivity contribution is 5.95. The molecular weight excluding hydrogens is 232 g/mol. The molecule has 98 valence electrons. The van der Waals surface area contributed by atoms with E-state index in [4.69, 9.17) is 10.8 Å². The number of hydrogen-bond donors (Lipinski definition) is 2. The molecule has 0 unspecified atom stereocenters. The van der Waals surface area contributed by atoms with Crippen molar-refractivity contribution in [3.05, 3.63) is 29.8 Å². The Morgan fingerprint density at radius 1 is 1.33 bits per heavy atom. The van der Waals surface area contributed by atoms with E-state index in [1.165, 1.54) is 6.92 Å². The molecule has 0 radical (unpaired) electrons. The third-order valence-electron chi connectivity index (χ3n) is 2.61. The summed E-state index contributed by atoms with van der Waals surface area (Å²) in [7, 11) is 0. The number of ketones is 1. The molecule has 0 bridgehead atoms. The lowest BCUT2D eigenvalue weighted by Crippen LogP contribution is -2.31. The monoisotopic (exact) mass is 250 g/mol. The fourth-order valence-electron chi connectivity index (χ4n) is 1.68. The van der Waals surface area contributed by atoms with E-state index in [1.807, 2.05) is 11.0 Å². The van der Waals surface area contributed by atoms with Crippen LogP contribution in [0, 0.1) is 0 Å². The van der Waals surface area contributed by atoms with Crippen molar-refractivity contribution in [2.24, 2.45) is 5.73 Å². The van der Waals surface area contributed by atoms with Gasteiger partial charge in [-0.2, -0.15) is 0 Å². The van der Waals surface area contributed by atoms with Gasteiger partial charge >= 0.3 is 5.97 Å². The Bertz CT molecular complexity index is 432. The van der Waals surface area contributed by atoms with Gasteiger partial charge in [0.05, 0.1) is 6.42 Å². The molecule has 0 aliphatic carbocycles. The second kappa shape index (κ2) is 6.76. The Balaban J connectivity index is 2.86. The van der Waals surface area contributed by atoms with E-state index in [0.717, 1.165) is 5.69 Å². The Hall–Kier alpha value is -1.88. The van der Waals surface area contributed by atoms with E-state index in [-0.39, 0.29) is 12.2 Å². The summed E-state index contributed by atoms with van der Waals surface area (Å²) in [6.45, 7) is 2.89. The predicted molar refractivity (Wildman–Crippen MR) is 70.0 cm³/mol. The lowest BCUT2D eigenvalue weighted by molar-refractivity contribution is -0.136. The van der Waals surface area contributed by atoms with E-state index in [0.29, 0.717) is 25.2 Å². The number of carboxylic acid groups (broad SMARTS) is 1. The summed E-state index contributed by atoms with van der Waals surface area (Å²) in [5, 5.41) is 8.71. The third-order valence-corrected chi connectivity index (χ3v) is 2.61. The number of Topliss-reactive ketones (excluding diaryl/α,β-unsaturated/α-hetero) is 1. The molecule has 0 heterocycles. The first-order valence-electron chi connectivity index (χ1n) is 5.82. The minimum Gasteiger partial charge on any atom is -0.481 e. The van der Waals surface area contributed by atoms with E-state index >= 15 is 0 Å². The van der Waals surface area contributed by atoms with Crippen LogP contribution in [-0.2, 0) is 4.79 Å². The average Bonchev–Trinajstić information content (AvgIpc) is 2.34. The number of nitrogens with two attached hydrogens (primary N) is 1. The van der Waals surface area contributed by atoms with Crippen molar-refractivity contribution in [1.29, 1.82) is 0 Å². The highest BCUT2D eigenvalue weighted by Gasteiger charge is 2.09. The predicted octanol–water partition coefficient (Wildman–Crippen LogP) is 1.13. The van der Waals surface area contributed by atoms with Crippen molar-refractivity contribution in [3.8, 4) is 0 Å². The third kappa shape index (κ3) is 4.18. The quantitative estimate of drug-likeness (QED) is 0.709. The van der Waals surface area contributed by atoms with Gasteiger partial charge in [-0.3, -0.25) is 9.59 Å². The molecular formula is C13H18N2O3. The number of carbonyl (C=O) groups is 2. The van der Waals surface area contributed by atoms with E-state index < -0.39 is 5.97 Å². The van der Waals surface area contributed by atoms with Gasteiger partial charge in [0.15, 0.2) is 5.78 Å². The zero-order valence-corrected chi connectivity index (χ0v) is 10.4. The van der Waals surface area contributed by atoms with Crippen LogP contribution < -0.4 is 10.6 Å². The van der Waals surface area contributed by atoms with Crippen LogP contribution in [0.2, 0.25) is 0 Å². The van der Waals surface area contributed by atoms with Crippen molar-refractivity contribution in [3.63, 3.8) is 0 Å². The molecule has 0 atom stereocenters. The molecule has 0 aromatic heterocycles. The van der Waals surface area contributed by atoms with Crippen LogP contribution in [0.1, 0.15) is 23.7 Å². The summed E-state index contributed by atoms with van der Waals surface area (Å²) >= 11 is 0. The maximum Gasteiger partial charge on any atom is 0.305 e. The van der Waals surface area contributed by atoms with Crippen LogP contribution >= 0.6 is 0 Å². The van der Waals surface area contributed by atoms with Gasteiger partial charge in [0.25, 0.3) is 0 Å². The summed E-state index contributed by atoms with van der Waals surface area (Å²) in [4.78, 5) is 23.8. The molecule has 1 aromatic rings. The second-order valence-electron chi connectivity index (χ2n) is 4.03. The largest absolute Gasteiger partial charge is 0.481 e. The summed E-state index contributed by atoms with van der Waals surface area (Å²) in [5.74, 6) is -0.859. The molecule has 0 aliphatic rings. The summed E-state index contributed by atoms with van der Waals surface area (Å²) in [5.41, 5.74) is 6.96. The van der Waals surface area contributed by atoms with Crippen LogP contribution in [0.3, 0.4) is 0 Å². The van der Waals surface area contributed by atoms with Crippen molar-refractivity contribution < 1.29 is 14.7 Å². The first kappa shape index (κ1) is 14.2. The standard InChI is InChI=1S/C13H18N2O3/c1-10(16)11-3-2-4-12(9-11)15(8-6-14)7-5-13(17)18/h2-4,9H,5-8,14H2,1H3,(H,17,18). The molecule has 18 heavy (non-hydrogen) atoms. The van der Waals surface area contributed by atoms with Gasteiger partial charge in [-0.1, -0.05) is 12.1 Å². The number of nitrogens with zero attached hydrogens (tertiary/aromatic N) is 1. The van der Waals surface area contributed by atoms with E-state index in [1.54, 1.807) is 18.2 Å². The minimum atomic E-state index is -0.847. The average molecular weight is 250 g/mol. The number of hydrogen-bond acceptors (Lipinski definition) is 4. The van der Waals surface area contributed by atoms with Crippen LogP contribution in [0.25, 0.3) is 0 Å². The molecule has 0 spiro atoms. The Kier molecular flexibility index (Phi) is 5.32. The Labute approximate surface area is 106 Å². The molecule has 0 fully saturated rings. The smallest absolute Gasteiger partial charge is 0.305 e. The molecule has 1 aromatic carbocycles. The summed E-state index contributed by atoms with van der Waals surface area (Å²) in [6, 6.07) is 7.14. The number of benzene rings is 1. The Morgan fingerprint density at radius 2 is 2.06 bits per heavy atom. The van der Waals surface area contributed by atoms with Gasteiger partial charge in [-0.15, -0.1) is 0 Å². The van der Waals surface area contributed by atoms with Crippen molar-refractivity contribution in [1.82, 2.24) is 0 Å². The topological polar surface area (TPSA) is 83.6 Å². The maximum absolute atomic E-state index is 11.3. The highest BCUT2D eigenvalue weighted by atomic mass is 16.4. The normalized spacial score (nSPS) is 10.1. The highest BCUT2D eigenvalue weighted by Crippen LogP contribution is 2.16. The lowest BCUT2D eigenvalue weighted by atomic mass is 10.1. The van der Waals surface area contributed by atoms with Gasteiger partial charge in [0, 0.05) is 30.9 Å². The van der Waals surface area contributed by atoms with Crippen molar-refractivity contribution in [2.45, 2.75) is 13.3 Å². The number of carbonyl (C=O) groups excluding carboxylic acids is 1. The van der Waals surface area contributed by atoms with Gasteiger partial charge in [0.1, 0.15) is 0 Å². The fourth-order valence-corrected chi connectivity index (χ4v) is 1.68. The molecule has 0 saturated carbocycles. The maximum atomic E-state index is 11.3. The molecule has 0 amide bonds. The second-order valence-corrected chi connectivity index (χ2v) is 4.03. The van der Waals surface area contributed by atoms with Crippen LogP contribution in [0.4, 0.5) is 5.69 Å². The van der Waals surface area contributed by atoms with E-state index in [9.17, 15) is 9.59 Å². The fraction of sp³-hybridized carbons (Fsp3) is 0.385. The summed E-state index contributed by atoms with van der Waals surface area (Å²) < 4.78 is 0. The van der Waals surface area contributed by atoms with Gasteiger partial charge in [-0.05, 0) is 19.1 Å². The van der Waals surface area contributed by atoms with Crippen LogP contribution in [0.5, 0.6) is 0 Å². The Morgan fingerprint density at radius 3 is 2.61 bits per heavy atom. The van der Waals surface area contributed by atoms with Crippen molar-refractivity contribution >= 4 is 17.4 Å². The van der Waals surface area contributed by atoms with Crippen molar-refractivity contribution in [2.75, 3.05) is 24.5 Å². The van der Waals surface area contributed by atoms with Gasteiger partial charge < -0.3 is 15.7 Å². The first-order valence-corrected chi connectivity index (χ1v) is 5.82. The van der Waals surface area contributed by atoms with Crippen LogP contribution in [-0.4, -0.2) is 36.5 Å². The van der Waals surface area contributed by atoms with Gasteiger partial charge in [-0.25, -0.2) is 0 Å². The molecule has 1 rings (SSSR count). The zero-order valence-electron chi connectivity index (χ0n) is 10.4. The van der Waals surface area contributed by atoms with Gasteiger partial charge in [0.2, 0.25) is 0 Å². The molecule has 0 aliphatic heterocycles. The van der Waals surface area contributed by atoms with E-state index in [2.05, 4.69) is 0 Å². The molecule has 5 heteroatoms. The summed E-state index contributed by atoms with van der Waals surface area (Å²) in [6.07, 6.45) is 0.0459. The molecule has 5 nitrogen and oxygen atoms in total. The molecule has 0 saturated heterocycles. The SMILES string of the molecule is CC(=O)c1cccc(N(CCN)CCC(=O)O)c1. The number of carboxylic acids is 1. The number of aliphatic carboxylic acids is 1. The lowest BCUT2D eigenvalue weighted by Gasteiger charge is -2.23. The number of rotatable bonds is 7.